The maximum absolute atomic E-state index is 12.2. The van der Waals surface area contributed by atoms with Crippen LogP contribution in [-0.2, 0) is 4.79 Å². The van der Waals surface area contributed by atoms with Gasteiger partial charge < -0.3 is 15.2 Å². The number of ether oxygens (including phenoxy) is 1. The van der Waals surface area contributed by atoms with Gasteiger partial charge in [0.15, 0.2) is 6.10 Å². The summed E-state index contributed by atoms with van der Waals surface area (Å²) in [5.41, 5.74) is 0.880. The van der Waals surface area contributed by atoms with Gasteiger partial charge in [-0.15, -0.1) is 0 Å². The van der Waals surface area contributed by atoms with Crippen LogP contribution in [-0.4, -0.2) is 23.7 Å². The Labute approximate surface area is 153 Å². The summed E-state index contributed by atoms with van der Waals surface area (Å²) in [7, 11) is 0. The number of hydrogen-bond donors (Lipinski definition) is 2. The topological polar surface area (TPSA) is 58.6 Å². The zero-order valence-corrected chi connectivity index (χ0v) is 14.8. The standard InChI is InChI=1S/C22H23NO3/c1-16(26-18-10-3-2-4-11-18)22(25)23-15-14-21(24)20-13-7-9-17-8-5-6-12-19(17)20/h2-13,16,21,24H,14-15H2,1H3,(H,23,25)/t16-,21+/m1/s1. The van der Waals surface area contributed by atoms with Crippen molar-refractivity contribution in [2.45, 2.75) is 25.6 Å². The minimum atomic E-state index is -0.633. The Balaban J connectivity index is 1.53. The fourth-order valence-corrected chi connectivity index (χ4v) is 2.93. The third kappa shape index (κ3) is 4.41. The van der Waals surface area contributed by atoms with Crippen molar-refractivity contribution in [1.29, 1.82) is 0 Å². The molecule has 0 unspecified atom stereocenters. The number of para-hydroxylation sites is 1. The van der Waals surface area contributed by atoms with Crippen LogP contribution in [0.1, 0.15) is 25.0 Å². The molecule has 4 heteroatoms. The average molecular weight is 349 g/mol. The van der Waals surface area contributed by atoms with Gasteiger partial charge in [-0.1, -0.05) is 60.7 Å². The Kier molecular flexibility index (Phi) is 5.87. The quantitative estimate of drug-likeness (QED) is 0.681. The number of aliphatic hydroxyl groups excluding tert-OH is 1. The van der Waals surface area contributed by atoms with Crippen molar-refractivity contribution in [3.8, 4) is 5.75 Å². The highest BCUT2D eigenvalue weighted by Gasteiger charge is 2.16. The molecule has 4 nitrogen and oxygen atoms in total. The van der Waals surface area contributed by atoms with Crippen LogP contribution in [0.25, 0.3) is 10.8 Å². The Morgan fingerprint density at radius 2 is 1.69 bits per heavy atom. The third-order valence-electron chi connectivity index (χ3n) is 4.32. The second kappa shape index (κ2) is 8.50. The molecule has 3 rings (SSSR count). The lowest BCUT2D eigenvalue weighted by Gasteiger charge is -2.17. The number of aliphatic hydroxyl groups is 1. The van der Waals surface area contributed by atoms with Crippen molar-refractivity contribution in [2.75, 3.05) is 6.54 Å². The number of fused-ring (bicyclic) bond motifs is 1. The monoisotopic (exact) mass is 349 g/mol. The molecule has 0 saturated carbocycles. The van der Waals surface area contributed by atoms with Crippen LogP contribution >= 0.6 is 0 Å². The molecule has 2 atom stereocenters. The van der Waals surface area contributed by atoms with Gasteiger partial charge in [-0.3, -0.25) is 4.79 Å². The normalized spacial score (nSPS) is 13.2. The second-order valence-electron chi connectivity index (χ2n) is 6.24. The van der Waals surface area contributed by atoms with Crippen molar-refractivity contribution < 1.29 is 14.6 Å². The maximum atomic E-state index is 12.2. The molecule has 0 saturated heterocycles. The molecule has 0 aliphatic rings. The van der Waals surface area contributed by atoms with Crippen molar-refractivity contribution in [2.24, 2.45) is 0 Å². The number of hydrogen-bond acceptors (Lipinski definition) is 3. The smallest absolute Gasteiger partial charge is 0.260 e. The van der Waals surface area contributed by atoms with E-state index in [1.165, 1.54) is 0 Å². The highest BCUT2D eigenvalue weighted by Crippen LogP contribution is 2.25. The predicted octanol–water partition coefficient (Wildman–Crippen LogP) is 3.85. The van der Waals surface area contributed by atoms with Gasteiger partial charge in [0.2, 0.25) is 0 Å². The van der Waals surface area contributed by atoms with Gasteiger partial charge in [-0.05, 0) is 41.8 Å². The molecule has 0 aromatic heterocycles. The van der Waals surface area contributed by atoms with E-state index < -0.39 is 12.2 Å². The Morgan fingerprint density at radius 3 is 2.50 bits per heavy atom. The molecule has 0 spiro atoms. The van der Waals surface area contributed by atoms with E-state index in [-0.39, 0.29) is 5.91 Å². The summed E-state index contributed by atoms with van der Waals surface area (Å²) in [5.74, 6) is 0.463. The van der Waals surface area contributed by atoms with Crippen LogP contribution in [0, 0.1) is 0 Å². The van der Waals surface area contributed by atoms with Crippen LogP contribution in [0.3, 0.4) is 0 Å². The summed E-state index contributed by atoms with van der Waals surface area (Å²) < 4.78 is 5.60. The fourth-order valence-electron chi connectivity index (χ4n) is 2.93. The maximum Gasteiger partial charge on any atom is 0.260 e. The van der Waals surface area contributed by atoms with E-state index >= 15 is 0 Å². The molecule has 0 bridgehead atoms. The average Bonchev–Trinajstić information content (AvgIpc) is 2.68. The summed E-state index contributed by atoms with van der Waals surface area (Å²) >= 11 is 0. The van der Waals surface area contributed by atoms with Crippen LogP contribution in [0.5, 0.6) is 5.75 Å². The lowest BCUT2D eigenvalue weighted by molar-refractivity contribution is -0.127. The molecule has 2 N–H and O–H groups in total. The first kappa shape index (κ1) is 18.0. The van der Waals surface area contributed by atoms with Gasteiger partial charge in [0.05, 0.1) is 6.10 Å². The first-order valence-electron chi connectivity index (χ1n) is 8.80. The zero-order valence-electron chi connectivity index (χ0n) is 14.8. The SMILES string of the molecule is C[C@@H](Oc1ccccc1)C(=O)NCC[C@H](O)c1cccc2ccccc12. The molecular formula is C22H23NO3. The minimum Gasteiger partial charge on any atom is -0.481 e. The second-order valence-corrected chi connectivity index (χ2v) is 6.24. The summed E-state index contributed by atoms with van der Waals surface area (Å²) in [5, 5.41) is 15.5. The number of amides is 1. The fraction of sp³-hybridized carbons (Fsp3) is 0.227. The summed E-state index contributed by atoms with van der Waals surface area (Å²) in [4.78, 5) is 12.2. The molecule has 3 aromatic rings. The number of benzene rings is 3. The molecule has 0 heterocycles. The van der Waals surface area contributed by atoms with Crippen molar-refractivity contribution >= 4 is 16.7 Å². The first-order chi connectivity index (χ1) is 12.6. The zero-order chi connectivity index (χ0) is 18.4. The van der Waals surface area contributed by atoms with Crippen LogP contribution < -0.4 is 10.1 Å². The number of rotatable bonds is 7. The van der Waals surface area contributed by atoms with Gasteiger partial charge in [0.25, 0.3) is 5.91 Å². The molecule has 26 heavy (non-hydrogen) atoms. The van der Waals surface area contributed by atoms with Gasteiger partial charge in [0.1, 0.15) is 5.75 Å². The van der Waals surface area contributed by atoms with Crippen molar-refractivity contribution in [3.63, 3.8) is 0 Å². The van der Waals surface area contributed by atoms with Crippen molar-refractivity contribution in [3.05, 3.63) is 78.4 Å². The number of carbonyl (C=O) groups excluding carboxylic acids is 1. The van der Waals surface area contributed by atoms with E-state index in [2.05, 4.69) is 5.32 Å². The minimum absolute atomic E-state index is 0.195. The van der Waals surface area contributed by atoms with Crippen LogP contribution in [0.2, 0.25) is 0 Å². The summed E-state index contributed by atoms with van der Waals surface area (Å²) in [6.07, 6.45) is -0.781. The van der Waals surface area contributed by atoms with E-state index in [0.717, 1.165) is 16.3 Å². The highest BCUT2D eigenvalue weighted by molar-refractivity contribution is 5.86. The van der Waals surface area contributed by atoms with Gasteiger partial charge in [-0.25, -0.2) is 0 Å². The lowest BCUT2D eigenvalue weighted by Crippen LogP contribution is -2.37. The first-order valence-corrected chi connectivity index (χ1v) is 8.80. The predicted molar refractivity (Wildman–Crippen MR) is 103 cm³/mol. The Morgan fingerprint density at radius 1 is 1.00 bits per heavy atom. The molecular weight excluding hydrogens is 326 g/mol. The number of nitrogens with one attached hydrogen (secondary N) is 1. The van der Waals surface area contributed by atoms with E-state index in [1.54, 1.807) is 6.92 Å². The van der Waals surface area contributed by atoms with Crippen LogP contribution in [0.15, 0.2) is 72.8 Å². The molecule has 0 fully saturated rings. The van der Waals surface area contributed by atoms with Crippen LogP contribution in [0.4, 0.5) is 0 Å². The molecule has 0 radical (unpaired) electrons. The molecule has 134 valence electrons. The van der Waals surface area contributed by atoms with E-state index in [4.69, 9.17) is 4.74 Å². The Bertz CT molecular complexity index is 858. The molecule has 1 amide bonds. The third-order valence-corrected chi connectivity index (χ3v) is 4.32. The molecule has 0 aliphatic carbocycles. The molecule has 3 aromatic carbocycles. The summed E-state index contributed by atoms with van der Waals surface area (Å²) in [6.45, 7) is 2.09. The van der Waals surface area contributed by atoms with Gasteiger partial charge in [0, 0.05) is 6.54 Å². The van der Waals surface area contributed by atoms with E-state index in [1.807, 2.05) is 72.8 Å². The van der Waals surface area contributed by atoms with Crippen molar-refractivity contribution in [1.82, 2.24) is 5.32 Å². The highest BCUT2D eigenvalue weighted by atomic mass is 16.5. The van der Waals surface area contributed by atoms with E-state index in [9.17, 15) is 9.90 Å². The Hall–Kier alpha value is -2.85. The van der Waals surface area contributed by atoms with Gasteiger partial charge >= 0.3 is 0 Å². The largest absolute Gasteiger partial charge is 0.481 e. The van der Waals surface area contributed by atoms with E-state index in [0.29, 0.717) is 18.7 Å². The van der Waals surface area contributed by atoms with Gasteiger partial charge in [-0.2, -0.15) is 0 Å². The summed E-state index contributed by atoms with van der Waals surface area (Å²) in [6, 6.07) is 23.1. The lowest BCUT2D eigenvalue weighted by atomic mass is 9.99. The molecule has 0 aliphatic heterocycles. The number of carbonyl (C=O) groups is 1.